The molecule has 0 fully saturated rings. The lowest BCUT2D eigenvalue weighted by Crippen LogP contribution is -2.26. The normalized spacial score (nSPS) is 16.9. The van der Waals surface area contributed by atoms with E-state index in [1.807, 2.05) is 0 Å². The predicted molar refractivity (Wildman–Crippen MR) is 109 cm³/mol. The molecule has 3 aromatic rings. The van der Waals surface area contributed by atoms with Crippen molar-refractivity contribution in [3.05, 3.63) is 53.1 Å². The van der Waals surface area contributed by atoms with Gasteiger partial charge in [0.1, 0.15) is 16.6 Å². The highest BCUT2D eigenvalue weighted by molar-refractivity contribution is 7.88. The maximum absolute atomic E-state index is 12.4. The van der Waals surface area contributed by atoms with Crippen LogP contribution in [0.15, 0.2) is 46.1 Å². The van der Waals surface area contributed by atoms with Crippen LogP contribution in [0.1, 0.15) is 23.8 Å². The third-order valence-corrected chi connectivity index (χ3v) is 6.00. The molecular weight excluding hydrogens is 418 g/mol. The second kappa shape index (κ2) is 7.23. The quantitative estimate of drug-likeness (QED) is 0.568. The van der Waals surface area contributed by atoms with E-state index in [4.69, 9.17) is 25.5 Å². The van der Waals surface area contributed by atoms with Gasteiger partial charge in [0.05, 0.1) is 38.3 Å². The third-order valence-electron chi connectivity index (χ3n) is 4.68. The van der Waals surface area contributed by atoms with E-state index in [9.17, 15) is 8.42 Å². The molecule has 2 aromatic heterocycles. The molecule has 4 rings (SSSR count). The highest BCUT2D eigenvalue weighted by Crippen LogP contribution is 2.40. The molecule has 0 spiro atoms. The summed E-state index contributed by atoms with van der Waals surface area (Å²) in [6.45, 7) is 0. The average molecular weight is 436 g/mol. The molecule has 1 unspecified atom stereocenters. The topological polar surface area (TPSA) is 94.2 Å². The fraction of sp³-hybridized carbons (Fsp3) is 0.263. The van der Waals surface area contributed by atoms with Crippen molar-refractivity contribution in [3.8, 4) is 11.5 Å². The molecule has 0 bridgehead atoms. The average Bonchev–Trinajstić information content (AvgIpc) is 3.35. The summed E-state index contributed by atoms with van der Waals surface area (Å²) in [5, 5.41) is 5.21. The van der Waals surface area contributed by atoms with Crippen molar-refractivity contribution in [2.75, 3.05) is 20.5 Å². The molecule has 0 radical (unpaired) electrons. The van der Waals surface area contributed by atoms with Crippen LogP contribution in [0.3, 0.4) is 0 Å². The zero-order valence-electron chi connectivity index (χ0n) is 15.9. The molecule has 1 aromatic carbocycles. The highest BCUT2D eigenvalue weighted by Gasteiger charge is 2.37. The Morgan fingerprint density at radius 2 is 1.93 bits per heavy atom. The summed E-state index contributed by atoms with van der Waals surface area (Å²) >= 11 is 6.46. The third kappa shape index (κ3) is 3.51. The Balaban J connectivity index is 1.83. The molecule has 0 N–H and O–H groups in total. The summed E-state index contributed by atoms with van der Waals surface area (Å²) in [5.74, 6) is 1.57. The number of aromatic nitrogens is 1. The molecule has 1 aliphatic heterocycles. The van der Waals surface area contributed by atoms with Gasteiger partial charge in [0, 0.05) is 23.4 Å². The van der Waals surface area contributed by atoms with E-state index in [0.717, 1.165) is 16.1 Å². The highest BCUT2D eigenvalue weighted by atomic mass is 35.5. The molecule has 29 heavy (non-hydrogen) atoms. The second-order valence-corrected chi connectivity index (χ2v) is 8.75. The van der Waals surface area contributed by atoms with Crippen LogP contribution >= 0.6 is 11.6 Å². The number of methoxy groups -OCH3 is 2. The molecule has 152 valence electrons. The van der Waals surface area contributed by atoms with Crippen LogP contribution in [0, 0.1) is 0 Å². The second-order valence-electron chi connectivity index (χ2n) is 6.55. The SMILES string of the molecule is COc1cc2cc(C3CC(c4ccco4)=NN3S(C)(=O)=O)c(Cl)nc2cc1OC. The minimum Gasteiger partial charge on any atom is -0.493 e. The van der Waals surface area contributed by atoms with Crippen molar-refractivity contribution in [2.45, 2.75) is 12.5 Å². The van der Waals surface area contributed by atoms with Crippen molar-refractivity contribution in [1.29, 1.82) is 0 Å². The number of benzene rings is 1. The Morgan fingerprint density at radius 3 is 2.55 bits per heavy atom. The first-order chi connectivity index (χ1) is 13.8. The Labute approximate surface area is 172 Å². The standard InChI is InChI=1S/C19H18ClN3O5S/c1-26-17-8-11-7-12(19(20)21-13(11)10-18(17)27-2)15-9-14(16-5-4-6-28-16)22-23(15)29(3,24)25/h4-8,10,15H,9H2,1-3H3. The van der Waals surface area contributed by atoms with Gasteiger partial charge in [-0.3, -0.25) is 0 Å². The van der Waals surface area contributed by atoms with Crippen molar-refractivity contribution >= 4 is 38.2 Å². The van der Waals surface area contributed by atoms with E-state index in [1.165, 1.54) is 13.4 Å². The van der Waals surface area contributed by atoms with Crippen LogP contribution in [-0.2, 0) is 10.0 Å². The van der Waals surface area contributed by atoms with Gasteiger partial charge in [-0.25, -0.2) is 13.4 Å². The Kier molecular flexibility index (Phi) is 4.87. The molecule has 0 saturated heterocycles. The van der Waals surface area contributed by atoms with E-state index >= 15 is 0 Å². The lowest BCUT2D eigenvalue weighted by atomic mass is 10.0. The van der Waals surface area contributed by atoms with Gasteiger partial charge in [0.2, 0.25) is 10.0 Å². The van der Waals surface area contributed by atoms with Crippen LogP contribution < -0.4 is 9.47 Å². The molecular formula is C19H18ClN3O5S. The molecule has 1 aliphatic rings. The van der Waals surface area contributed by atoms with Crippen molar-refractivity contribution in [3.63, 3.8) is 0 Å². The molecule has 8 nitrogen and oxygen atoms in total. The number of hydrogen-bond donors (Lipinski definition) is 0. The molecule has 0 aliphatic carbocycles. The molecule has 1 atom stereocenters. The number of halogens is 1. The van der Waals surface area contributed by atoms with E-state index in [-0.39, 0.29) is 5.15 Å². The molecule has 0 saturated carbocycles. The van der Waals surface area contributed by atoms with Gasteiger partial charge in [-0.2, -0.15) is 9.52 Å². The maximum Gasteiger partial charge on any atom is 0.247 e. The Morgan fingerprint density at radius 1 is 1.21 bits per heavy atom. The number of hydrogen-bond acceptors (Lipinski definition) is 7. The fourth-order valence-corrected chi connectivity index (χ4v) is 4.51. The molecule has 0 amide bonds. The van der Waals surface area contributed by atoms with Crippen LogP contribution in [0.5, 0.6) is 11.5 Å². The number of fused-ring (bicyclic) bond motifs is 1. The number of ether oxygens (including phenoxy) is 2. The molecule has 10 heteroatoms. The number of furan rings is 1. The first kappa shape index (κ1) is 19.5. The van der Waals surface area contributed by atoms with Crippen molar-refractivity contribution in [1.82, 2.24) is 9.40 Å². The summed E-state index contributed by atoms with van der Waals surface area (Å²) in [4.78, 5) is 4.44. The monoisotopic (exact) mass is 435 g/mol. The summed E-state index contributed by atoms with van der Waals surface area (Å²) in [5.41, 5.74) is 1.67. The van der Waals surface area contributed by atoms with Crippen LogP contribution in [-0.4, -0.2) is 44.0 Å². The number of pyridine rings is 1. The number of rotatable bonds is 5. The van der Waals surface area contributed by atoms with Crippen molar-refractivity contribution in [2.24, 2.45) is 5.10 Å². The fourth-order valence-electron chi connectivity index (χ4n) is 3.35. The van der Waals surface area contributed by atoms with Gasteiger partial charge in [0.15, 0.2) is 11.5 Å². The van der Waals surface area contributed by atoms with Crippen LogP contribution in [0.2, 0.25) is 5.15 Å². The predicted octanol–water partition coefficient (Wildman–Crippen LogP) is 3.61. The van der Waals surface area contributed by atoms with E-state index in [0.29, 0.717) is 40.5 Å². The molecule has 3 heterocycles. The summed E-state index contributed by atoms with van der Waals surface area (Å²) in [6.07, 6.45) is 2.92. The Bertz CT molecular complexity index is 1210. The van der Waals surface area contributed by atoms with Gasteiger partial charge in [-0.1, -0.05) is 11.6 Å². The van der Waals surface area contributed by atoms with Gasteiger partial charge >= 0.3 is 0 Å². The smallest absolute Gasteiger partial charge is 0.247 e. The van der Waals surface area contributed by atoms with Gasteiger partial charge in [0.25, 0.3) is 0 Å². The summed E-state index contributed by atoms with van der Waals surface area (Å²) in [6, 6.07) is 8.12. The van der Waals surface area contributed by atoms with Crippen molar-refractivity contribution < 1.29 is 22.3 Å². The number of hydrazone groups is 1. The Hall–Kier alpha value is -2.78. The zero-order chi connectivity index (χ0) is 20.8. The van der Waals surface area contributed by atoms with E-state index in [2.05, 4.69) is 10.1 Å². The summed E-state index contributed by atoms with van der Waals surface area (Å²) < 4.78 is 41.9. The summed E-state index contributed by atoms with van der Waals surface area (Å²) in [7, 11) is -0.565. The number of sulfonamides is 1. The first-order valence-electron chi connectivity index (χ1n) is 8.64. The zero-order valence-corrected chi connectivity index (χ0v) is 17.5. The van der Waals surface area contributed by atoms with Crippen LogP contribution in [0.4, 0.5) is 0 Å². The lowest BCUT2D eigenvalue weighted by molar-refractivity contribution is 0.355. The van der Waals surface area contributed by atoms with E-state index in [1.54, 1.807) is 37.4 Å². The maximum atomic E-state index is 12.4. The number of nitrogens with zero attached hydrogens (tertiary/aromatic N) is 3. The van der Waals surface area contributed by atoms with Gasteiger partial charge < -0.3 is 13.9 Å². The van der Waals surface area contributed by atoms with Gasteiger partial charge in [-0.05, 0) is 24.3 Å². The van der Waals surface area contributed by atoms with Crippen LogP contribution in [0.25, 0.3) is 10.9 Å². The lowest BCUT2D eigenvalue weighted by Gasteiger charge is -2.22. The largest absolute Gasteiger partial charge is 0.493 e. The minimum absolute atomic E-state index is 0.194. The first-order valence-corrected chi connectivity index (χ1v) is 10.9. The minimum atomic E-state index is -3.64. The van der Waals surface area contributed by atoms with E-state index < -0.39 is 16.1 Å². The van der Waals surface area contributed by atoms with Gasteiger partial charge in [-0.15, -0.1) is 0 Å².